The average Bonchev–Trinajstić information content (AvgIpc) is 3.16. The number of likely N-dealkylation sites (tertiary alicyclic amines) is 1. The Balaban J connectivity index is 1.65. The van der Waals surface area contributed by atoms with Crippen molar-refractivity contribution in [1.29, 1.82) is 0 Å². The maximum absolute atomic E-state index is 14.5. The molecule has 1 N–H and O–H groups in total. The lowest BCUT2D eigenvalue weighted by Crippen LogP contribution is -2.45. The van der Waals surface area contributed by atoms with Gasteiger partial charge in [-0.05, 0) is 43.6 Å². The maximum atomic E-state index is 14.5. The second-order valence-electron chi connectivity index (χ2n) is 8.07. The van der Waals surface area contributed by atoms with Crippen LogP contribution in [0.4, 0.5) is 8.78 Å². The van der Waals surface area contributed by atoms with Crippen molar-refractivity contribution in [3.05, 3.63) is 35.4 Å². The highest BCUT2D eigenvalue weighted by Crippen LogP contribution is 2.48. The molecular formula is C20H23F2NO3. The lowest BCUT2D eigenvalue weighted by atomic mass is 9.77. The number of hydrogen-bond acceptors (Lipinski definition) is 2. The molecular weight excluding hydrogens is 340 g/mol. The molecule has 1 saturated heterocycles. The van der Waals surface area contributed by atoms with Gasteiger partial charge in [0.25, 0.3) is 0 Å². The molecule has 0 radical (unpaired) electrons. The third-order valence-corrected chi connectivity index (χ3v) is 6.51. The summed E-state index contributed by atoms with van der Waals surface area (Å²) in [6, 6.07) is 3.42. The van der Waals surface area contributed by atoms with E-state index in [9.17, 15) is 23.5 Å². The zero-order valence-corrected chi connectivity index (χ0v) is 14.6. The number of amides is 1. The van der Waals surface area contributed by atoms with Crippen molar-refractivity contribution in [2.45, 2.75) is 43.9 Å². The summed E-state index contributed by atoms with van der Waals surface area (Å²) in [5.41, 5.74) is -0.734. The first kappa shape index (κ1) is 17.4. The Labute approximate surface area is 151 Å². The van der Waals surface area contributed by atoms with Crippen LogP contribution in [0.1, 0.15) is 44.1 Å². The number of halogens is 2. The molecule has 140 valence electrons. The second kappa shape index (κ2) is 6.32. The molecule has 3 aliphatic rings. The fourth-order valence-electron chi connectivity index (χ4n) is 5.02. The van der Waals surface area contributed by atoms with Crippen molar-refractivity contribution in [3.8, 4) is 0 Å². The van der Waals surface area contributed by atoms with Crippen molar-refractivity contribution < 1.29 is 23.5 Å². The molecule has 1 aliphatic heterocycles. The molecule has 0 aromatic heterocycles. The van der Waals surface area contributed by atoms with Crippen molar-refractivity contribution in [2.24, 2.45) is 17.8 Å². The minimum atomic E-state index is -0.987. The summed E-state index contributed by atoms with van der Waals surface area (Å²) in [5.74, 6) is -2.55. The van der Waals surface area contributed by atoms with Gasteiger partial charge in [-0.15, -0.1) is 0 Å². The van der Waals surface area contributed by atoms with Gasteiger partial charge >= 0.3 is 5.97 Å². The molecule has 1 aromatic carbocycles. The minimum absolute atomic E-state index is 0.00651. The molecule has 0 unspecified atom stereocenters. The Morgan fingerprint density at radius 2 is 1.81 bits per heavy atom. The van der Waals surface area contributed by atoms with E-state index in [2.05, 4.69) is 0 Å². The lowest BCUT2D eigenvalue weighted by molar-refractivity contribution is -0.143. The van der Waals surface area contributed by atoms with Gasteiger partial charge in [-0.25, -0.2) is 8.78 Å². The quantitative estimate of drug-likeness (QED) is 0.893. The van der Waals surface area contributed by atoms with E-state index in [1.165, 1.54) is 12.1 Å². The summed E-state index contributed by atoms with van der Waals surface area (Å²) in [6.45, 7) is 0.630. The molecule has 2 atom stereocenters. The van der Waals surface area contributed by atoms with Crippen LogP contribution in [0, 0.1) is 29.4 Å². The van der Waals surface area contributed by atoms with Crippen LogP contribution in [0.3, 0.4) is 0 Å². The van der Waals surface area contributed by atoms with Crippen LogP contribution in [0.15, 0.2) is 18.2 Å². The number of carbonyl (C=O) groups excluding carboxylic acids is 1. The van der Waals surface area contributed by atoms with Crippen LogP contribution in [0.25, 0.3) is 0 Å². The Morgan fingerprint density at radius 3 is 2.38 bits per heavy atom. The number of carboxylic acids is 1. The fourth-order valence-corrected chi connectivity index (χ4v) is 5.02. The molecule has 0 spiro atoms. The van der Waals surface area contributed by atoms with Crippen LogP contribution in [-0.2, 0) is 15.0 Å². The molecule has 1 amide bonds. The Kier molecular flexibility index (Phi) is 4.24. The standard InChI is InChI=1S/C20H23F2NO3/c21-13-5-6-16(17(22)9-13)20(7-1-2-8-20)19(26)23-10-14(12-3-4-12)15(11-23)18(24)25/h5-6,9,12,14-15H,1-4,7-8,10-11H2,(H,24,25)/t14-,15+/m1/s1. The normalized spacial score (nSPS) is 27.7. The predicted molar refractivity (Wildman–Crippen MR) is 90.4 cm³/mol. The Morgan fingerprint density at radius 1 is 1.12 bits per heavy atom. The number of carboxylic acid groups (broad SMARTS) is 1. The van der Waals surface area contributed by atoms with Gasteiger partial charge in [0.1, 0.15) is 11.6 Å². The molecule has 26 heavy (non-hydrogen) atoms. The highest BCUT2D eigenvalue weighted by molar-refractivity contribution is 5.89. The van der Waals surface area contributed by atoms with Crippen LogP contribution in [0.2, 0.25) is 0 Å². The molecule has 2 aliphatic carbocycles. The number of aliphatic carboxylic acids is 1. The van der Waals surface area contributed by atoms with Crippen LogP contribution in [0.5, 0.6) is 0 Å². The highest BCUT2D eigenvalue weighted by atomic mass is 19.1. The van der Waals surface area contributed by atoms with Gasteiger partial charge in [0.2, 0.25) is 5.91 Å². The van der Waals surface area contributed by atoms with Crippen LogP contribution >= 0.6 is 0 Å². The highest BCUT2D eigenvalue weighted by Gasteiger charge is 2.52. The number of benzene rings is 1. The van der Waals surface area contributed by atoms with Gasteiger partial charge in [0.15, 0.2) is 0 Å². The molecule has 0 bridgehead atoms. The van der Waals surface area contributed by atoms with Crippen molar-refractivity contribution in [1.82, 2.24) is 4.90 Å². The van der Waals surface area contributed by atoms with E-state index < -0.39 is 28.9 Å². The van der Waals surface area contributed by atoms with E-state index >= 15 is 0 Å². The first-order valence-electron chi connectivity index (χ1n) is 9.40. The Hall–Kier alpha value is -1.98. The van der Waals surface area contributed by atoms with E-state index in [0.717, 1.165) is 31.7 Å². The summed E-state index contributed by atoms with van der Waals surface area (Å²) in [4.78, 5) is 26.7. The van der Waals surface area contributed by atoms with Gasteiger partial charge in [-0.3, -0.25) is 9.59 Å². The van der Waals surface area contributed by atoms with Crippen molar-refractivity contribution in [3.63, 3.8) is 0 Å². The summed E-state index contributed by atoms with van der Waals surface area (Å²) in [7, 11) is 0. The fraction of sp³-hybridized carbons (Fsp3) is 0.600. The van der Waals surface area contributed by atoms with Gasteiger partial charge in [0, 0.05) is 24.7 Å². The minimum Gasteiger partial charge on any atom is -0.481 e. The molecule has 1 heterocycles. The molecule has 2 saturated carbocycles. The molecule has 4 nitrogen and oxygen atoms in total. The number of hydrogen-bond donors (Lipinski definition) is 1. The van der Waals surface area contributed by atoms with E-state index in [-0.39, 0.29) is 23.9 Å². The zero-order chi connectivity index (χ0) is 18.5. The summed E-state index contributed by atoms with van der Waals surface area (Å²) < 4.78 is 27.9. The van der Waals surface area contributed by atoms with Crippen molar-refractivity contribution >= 4 is 11.9 Å². The third kappa shape index (κ3) is 2.79. The largest absolute Gasteiger partial charge is 0.481 e. The predicted octanol–water partition coefficient (Wildman–Crippen LogP) is 3.35. The molecule has 3 fully saturated rings. The van der Waals surface area contributed by atoms with Crippen LogP contribution < -0.4 is 0 Å². The van der Waals surface area contributed by atoms with E-state index in [1.807, 2.05) is 0 Å². The lowest BCUT2D eigenvalue weighted by Gasteiger charge is -2.33. The Bertz CT molecular complexity index is 741. The van der Waals surface area contributed by atoms with Crippen LogP contribution in [-0.4, -0.2) is 35.0 Å². The van der Waals surface area contributed by atoms with E-state index in [1.54, 1.807) is 4.90 Å². The van der Waals surface area contributed by atoms with E-state index in [4.69, 9.17) is 0 Å². The maximum Gasteiger partial charge on any atom is 0.308 e. The first-order chi connectivity index (χ1) is 12.4. The SMILES string of the molecule is O=C(O)[C@H]1CN(C(=O)C2(c3ccc(F)cc3F)CCCC2)C[C@@H]1C1CC1. The molecule has 4 rings (SSSR count). The number of rotatable bonds is 4. The zero-order valence-electron chi connectivity index (χ0n) is 14.6. The number of nitrogens with zero attached hydrogens (tertiary/aromatic N) is 1. The van der Waals surface area contributed by atoms with E-state index in [0.29, 0.717) is 25.3 Å². The van der Waals surface area contributed by atoms with Gasteiger partial charge in [-0.2, -0.15) is 0 Å². The first-order valence-corrected chi connectivity index (χ1v) is 9.40. The molecule has 6 heteroatoms. The van der Waals surface area contributed by atoms with Gasteiger partial charge < -0.3 is 10.0 Å². The monoisotopic (exact) mass is 363 g/mol. The van der Waals surface area contributed by atoms with Gasteiger partial charge in [0.05, 0.1) is 11.3 Å². The summed E-state index contributed by atoms with van der Waals surface area (Å²) in [6.07, 6.45) is 4.71. The number of carbonyl (C=O) groups is 2. The summed E-state index contributed by atoms with van der Waals surface area (Å²) >= 11 is 0. The molecule has 1 aromatic rings. The smallest absolute Gasteiger partial charge is 0.308 e. The topological polar surface area (TPSA) is 57.6 Å². The second-order valence-corrected chi connectivity index (χ2v) is 8.07. The average molecular weight is 363 g/mol. The van der Waals surface area contributed by atoms with Gasteiger partial charge in [-0.1, -0.05) is 18.9 Å². The summed E-state index contributed by atoms with van der Waals surface area (Å²) in [5, 5.41) is 9.54. The third-order valence-electron chi connectivity index (χ3n) is 6.51. The van der Waals surface area contributed by atoms with Crippen molar-refractivity contribution in [2.75, 3.05) is 13.1 Å².